The van der Waals surface area contributed by atoms with Gasteiger partial charge in [-0.15, -0.1) is 0 Å². The molecular formula is C35H46Si2. The van der Waals surface area contributed by atoms with Crippen molar-refractivity contribution in [2.75, 3.05) is 0 Å². The van der Waals surface area contributed by atoms with Gasteiger partial charge in [0.05, 0.1) is 8.07 Å². The van der Waals surface area contributed by atoms with Gasteiger partial charge in [-0.1, -0.05) is 131 Å². The second-order valence-corrected chi connectivity index (χ2v) is 22.1. The minimum atomic E-state index is -2.69. The molecule has 0 N–H and O–H groups in total. The van der Waals surface area contributed by atoms with Gasteiger partial charge >= 0.3 is 0 Å². The molecule has 0 nitrogen and oxygen atoms in total. The second kappa shape index (κ2) is 9.40. The first-order valence-corrected chi connectivity index (χ1v) is 19.3. The SMILES string of the molecule is CC1=CC(C)([Si](c2cc(C)cc([Si](C)(C)C)c2)(c2c(C)cccc2C)c2c(C)cccc2C)C(C)=C1C. The van der Waals surface area contributed by atoms with Crippen LogP contribution in [-0.2, 0) is 0 Å². The highest BCUT2D eigenvalue weighted by molar-refractivity contribution is 7.15. The molecule has 37 heavy (non-hydrogen) atoms. The van der Waals surface area contributed by atoms with Gasteiger partial charge in [0, 0.05) is 5.04 Å². The van der Waals surface area contributed by atoms with Crippen LogP contribution in [0.2, 0.25) is 24.7 Å². The maximum absolute atomic E-state index is 2.69. The second-order valence-electron chi connectivity index (χ2n) is 12.9. The highest BCUT2D eigenvalue weighted by Gasteiger charge is 2.58. The van der Waals surface area contributed by atoms with E-state index in [1.165, 1.54) is 44.5 Å². The minimum absolute atomic E-state index is 0.0839. The van der Waals surface area contributed by atoms with Crippen LogP contribution in [0.15, 0.2) is 77.4 Å². The molecule has 0 saturated heterocycles. The predicted molar refractivity (Wildman–Crippen MR) is 171 cm³/mol. The Morgan fingerprint density at radius 1 is 0.595 bits per heavy atom. The Morgan fingerprint density at radius 2 is 1.03 bits per heavy atom. The minimum Gasteiger partial charge on any atom is -0.0730 e. The molecule has 0 spiro atoms. The molecule has 0 fully saturated rings. The Labute approximate surface area is 228 Å². The third kappa shape index (κ3) is 4.17. The Kier molecular flexibility index (Phi) is 7.01. The first-order valence-electron chi connectivity index (χ1n) is 13.8. The lowest BCUT2D eigenvalue weighted by atomic mass is 10.0. The van der Waals surface area contributed by atoms with Gasteiger partial charge in [0.25, 0.3) is 0 Å². The summed E-state index contributed by atoms with van der Waals surface area (Å²) < 4.78 is 0. The molecule has 0 bridgehead atoms. The first-order chi connectivity index (χ1) is 17.2. The van der Waals surface area contributed by atoms with E-state index >= 15 is 0 Å². The number of allylic oxidation sites excluding steroid dienone is 4. The van der Waals surface area contributed by atoms with Crippen LogP contribution in [0, 0.1) is 34.6 Å². The summed E-state index contributed by atoms with van der Waals surface area (Å²) in [6.45, 7) is 28.9. The van der Waals surface area contributed by atoms with E-state index in [1.807, 2.05) is 0 Å². The van der Waals surface area contributed by atoms with Crippen LogP contribution < -0.4 is 20.7 Å². The zero-order valence-corrected chi connectivity index (χ0v) is 27.3. The zero-order valence-electron chi connectivity index (χ0n) is 25.3. The van der Waals surface area contributed by atoms with Gasteiger partial charge in [-0.25, -0.2) is 0 Å². The molecule has 1 atom stereocenters. The van der Waals surface area contributed by atoms with Crippen LogP contribution in [-0.4, -0.2) is 16.1 Å². The number of rotatable bonds is 5. The molecular weight excluding hydrogens is 477 g/mol. The molecule has 0 aliphatic heterocycles. The lowest BCUT2D eigenvalue weighted by Crippen LogP contribution is -2.75. The van der Waals surface area contributed by atoms with Crippen molar-refractivity contribution in [1.82, 2.24) is 0 Å². The van der Waals surface area contributed by atoms with Crippen molar-refractivity contribution in [2.24, 2.45) is 0 Å². The van der Waals surface area contributed by atoms with Gasteiger partial charge in [-0.05, 0) is 76.5 Å². The van der Waals surface area contributed by atoms with Gasteiger partial charge in [-0.3, -0.25) is 0 Å². The van der Waals surface area contributed by atoms with Crippen molar-refractivity contribution in [2.45, 2.75) is 87.0 Å². The van der Waals surface area contributed by atoms with Crippen LogP contribution in [0.1, 0.15) is 55.5 Å². The summed E-state index contributed by atoms with van der Waals surface area (Å²) in [5.74, 6) is 0. The lowest BCUT2D eigenvalue weighted by Gasteiger charge is -2.50. The number of benzene rings is 3. The topological polar surface area (TPSA) is 0 Å². The fourth-order valence-corrected chi connectivity index (χ4v) is 15.8. The van der Waals surface area contributed by atoms with E-state index in [-0.39, 0.29) is 5.04 Å². The third-order valence-corrected chi connectivity index (χ3v) is 17.6. The highest BCUT2D eigenvalue weighted by Crippen LogP contribution is 2.53. The van der Waals surface area contributed by atoms with E-state index in [9.17, 15) is 0 Å². The number of hydrogen-bond donors (Lipinski definition) is 0. The van der Waals surface area contributed by atoms with E-state index in [1.54, 1.807) is 20.7 Å². The fourth-order valence-electron chi connectivity index (χ4n) is 7.20. The van der Waals surface area contributed by atoms with Gasteiger partial charge < -0.3 is 0 Å². The normalized spacial score (nSPS) is 18.4. The van der Waals surface area contributed by atoms with Crippen molar-refractivity contribution in [3.63, 3.8) is 0 Å². The summed E-state index contributed by atoms with van der Waals surface area (Å²) in [6, 6.07) is 21.6. The van der Waals surface area contributed by atoms with E-state index in [2.05, 4.69) is 143 Å². The molecule has 1 aliphatic carbocycles. The smallest absolute Gasteiger partial charge is 0.0730 e. The van der Waals surface area contributed by atoms with Crippen molar-refractivity contribution >= 4 is 36.9 Å². The van der Waals surface area contributed by atoms with E-state index in [0.29, 0.717) is 0 Å². The molecule has 4 rings (SSSR count). The maximum atomic E-state index is 2.65. The molecule has 0 radical (unpaired) electrons. The molecule has 0 saturated carbocycles. The quantitative estimate of drug-likeness (QED) is 0.244. The van der Waals surface area contributed by atoms with Crippen LogP contribution >= 0.6 is 0 Å². The Morgan fingerprint density at radius 3 is 1.41 bits per heavy atom. The predicted octanol–water partition coefficient (Wildman–Crippen LogP) is 7.30. The molecule has 1 unspecified atom stereocenters. The van der Waals surface area contributed by atoms with E-state index in [0.717, 1.165) is 0 Å². The van der Waals surface area contributed by atoms with Crippen molar-refractivity contribution < 1.29 is 0 Å². The first kappa shape index (κ1) is 27.6. The number of hydrogen-bond acceptors (Lipinski definition) is 0. The van der Waals surface area contributed by atoms with Gasteiger partial charge in [0.15, 0.2) is 8.07 Å². The average molecular weight is 523 g/mol. The molecule has 0 aromatic heterocycles. The molecule has 194 valence electrons. The fraction of sp³-hybridized carbons (Fsp3) is 0.371. The summed E-state index contributed by atoms with van der Waals surface area (Å²) >= 11 is 0. The molecule has 0 heterocycles. The Bertz CT molecular complexity index is 1350. The molecule has 1 aliphatic rings. The summed E-state index contributed by atoms with van der Waals surface area (Å²) in [5.41, 5.74) is 11.5. The maximum Gasteiger partial charge on any atom is 0.162 e. The van der Waals surface area contributed by atoms with E-state index in [4.69, 9.17) is 0 Å². The molecule has 0 amide bonds. The molecule has 3 aromatic carbocycles. The molecule has 2 heteroatoms. The van der Waals surface area contributed by atoms with Crippen molar-refractivity contribution in [1.29, 1.82) is 0 Å². The third-order valence-electron chi connectivity index (χ3n) is 9.31. The summed E-state index contributed by atoms with van der Waals surface area (Å²) in [5, 5.41) is 6.25. The van der Waals surface area contributed by atoms with Crippen molar-refractivity contribution in [3.8, 4) is 0 Å². The van der Waals surface area contributed by atoms with Crippen LogP contribution in [0.4, 0.5) is 0 Å². The summed E-state index contributed by atoms with van der Waals surface area (Å²) in [4.78, 5) is 0. The van der Waals surface area contributed by atoms with Gasteiger partial charge in [0.2, 0.25) is 0 Å². The largest absolute Gasteiger partial charge is 0.162 e. The summed E-state index contributed by atoms with van der Waals surface area (Å²) in [6.07, 6.45) is 2.65. The monoisotopic (exact) mass is 522 g/mol. The average Bonchev–Trinajstić information content (AvgIpc) is 2.99. The molecule has 3 aromatic rings. The van der Waals surface area contributed by atoms with E-state index < -0.39 is 16.1 Å². The lowest BCUT2D eigenvalue weighted by molar-refractivity contribution is 0.868. The standard InChI is InChI=1S/C35H46Si2/c1-23-19-31(36(10,11)12)21-32(20-23)37(33-24(2)15-13-16-25(33)3,34-26(4)17-14-18-27(34)5)35(9)22-28(6)29(7)30(35)8/h13-22H,1-12H3. The highest BCUT2D eigenvalue weighted by atomic mass is 28.3. The van der Waals surface area contributed by atoms with Crippen LogP contribution in [0.25, 0.3) is 0 Å². The Balaban J connectivity index is 2.39. The van der Waals surface area contributed by atoms with Crippen molar-refractivity contribution in [3.05, 3.63) is 105 Å². The van der Waals surface area contributed by atoms with Gasteiger partial charge in [0.1, 0.15) is 0 Å². The van der Waals surface area contributed by atoms with Gasteiger partial charge in [-0.2, -0.15) is 0 Å². The number of aryl methyl sites for hydroxylation is 5. The van der Waals surface area contributed by atoms with Crippen LogP contribution in [0.3, 0.4) is 0 Å². The summed E-state index contributed by atoms with van der Waals surface area (Å²) in [7, 11) is -4.24. The Hall–Kier alpha value is -2.43. The zero-order chi connectivity index (χ0) is 27.5. The van der Waals surface area contributed by atoms with Crippen LogP contribution in [0.5, 0.6) is 0 Å².